The molecule has 0 aliphatic carbocycles. The fourth-order valence-electron chi connectivity index (χ4n) is 6.18. The smallest absolute Gasteiger partial charge is 0.306 e. The Kier molecular flexibility index (Phi) is 35.0. The molecule has 0 saturated heterocycles. The molecule has 0 heterocycles. The first kappa shape index (κ1) is 51.0. The molecule has 0 rings (SSSR count). The minimum atomic E-state index is -4.61. The van der Waals surface area contributed by atoms with Crippen molar-refractivity contribution >= 4 is 19.8 Å². The quantitative estimate of drug-likeness (QED) is 0.0263. The van der Waals surface area contributed by atoms with Crippen LogP contribution in [0.4, 0.5) is 0 Å². The maximum atomic E-state index is 12.7. The average molecular weight is 762 g/mol. The number of quaternary nitrogens is 1. The van der Waals surface area contributed by atoms with Gasteiger partial charge in [-0.3, -0.25) is 14.2 Å². The molecule has 0 bridgehead atoms. The lowest BCUT2D eigenvalue weighted by atomic mass is 10.0. The van der Waals surface area contributed by atoms with Gasteiger partial charge < -0.3 is 27.9 Å². The number of phosphoric acid groups is 1. The molecule has 0 aromatic heterocycles. The van der Waals surface area contributed by atoms with Crippen molar-refractivity contribution < 1.29 is 42.1 Å². The molecule has 2 atom stereocenters. The standard InChI is InChI=1S/C42H84NO8P/c1-6-8-10-12-14-16-18-20-21-22-23-25-27-29-31-33-35-42(45)51-40(39-50-52(46,47)49-37-36-43(3,4)5)38-48-41(44)34-32-30-28-26-24-19-17-15-13-11-9-7-2/h40H,6-39H2,1-5H3/t40-/m1/s1. The van der Waals surface area contributed by atoms with Gasteiger partial charge in [0, 0.05) is 12.8 Å². The van der Waals surface area contributed by atoms with E-state index in [9.17, 15) is 19.0 Å². The average Bonchev–Trinajstić information content (AvgIpc) is 3.09. The fourth-order valence-corrected chi connectivity index (χ4v) is 6.91. The monoisotopic (exact) mass is 762 g/mol. The highest BCUT2D eigenvalue weighted by Gasteiger charge is 2.21. The van der Waals surface area contributed by atoms with Gasteiger partial charge in [0.15, 0.2) is 6.10 Å². The molecule has 0 spiro atoms. The van der Waals surface area contributed by atoms with Gasteiger partial charge in [0.05, 0.1) is 27.7 Å². The summed E-state index contributed by atoms with van der Waals surface area (Å²) in [6, 6.07) is 0. The van der Waals surface area contributed by atoms with Crippen LogP contribution in [-0.4, -0.2) is 70.0 Å². The maximum Gasteiger partial charge on any atom is 0.306 e. The molecule has 0 saturated carbocycles. The van der Waals surface area contributed by atoms with Crippen LogP contribution in [0.25, 0.3) is 0 Å². The largest absolute Gasteiger partial charge is 0.756 e. The van der Waals surface area contributed by atoms with Gasteiger partial charge in [-0.1, -0.05) is 181 Å². The van der Waals surface area contributed by atoms with Gasteiger partial charge >= 0.3 is 11.9 Å². The third kappa shape index (κ3) is 38.7. The Morgan fingerprint density at radius 1 is 0.519 bits per heavy atom. The SMILES string of the molecule is CCCCCCCCCCCCCCCCCCC(=O)O[C@H](COC(=O)CCCCCCCCCCCCCC)COP(=O)([O-])OCC[N+](C)(C)C. The summed E-state index contributed by atoms with van der Waals surface area (Å²) in [4.78, 5) is 37.4. The van der Waals surface area contributed by atoms with Crippen LogP contribution in [0.3, 0.4) is 0 Å². The topological polar surface area (TPSA) is 111 Å². The molecule has 0 amide bonds. The molecular formula is C42H84NO8P. The van der Waals surface area contributed by atoms with Gasteiger partial charge in [0.1, 0.15) is 19.8 Å². The number of unbranched alkanes of at least 4 members (excludes halogenated alkanes) is 26. The summed E-state index contributed by atoms with van der Waals surface area (Å²) >= 11 is 0. The van der Waals surface area contributed by atoms with Gasteiger partial charge in [-0.15, -0.1) is 0 Å². The van der Waals surface area contributed by atoms with Crippen molar-refractivity contribution in [1.82, 2.24) is 0 Å². The molecule has 0 N–H and O–H groups in total. The molecule has 0 aromatic carbocycles. The molecule has 0 aromatic rings. The van der Waals surface area contributed by atoms with E-state index in [2.05, 4.69) is 13.8 Å². The number of nitrogens with zero attached hydrogens (tertiary/aromatic N) is 1. The Hall–Kier alpha value is -0.990. The number of carbonyl (C=O) groups is 2. The van der Waals surface area contributed by atoms with Crippen LogP contribution < -0.4 is 4.89 Å². The molecule has 10 heteroatoms. The van der Waals surface area contributed by atoms with Crippen molar-refractivity contribution in [1.29, 1.82) is 0 Å². The Morgan fingerprint density at radius 2 is 0.865 bits per heavy atom. The molecule has 0 fully saturated rings. The highest BCUT2D eigenvalue weighted by atomic mass is 31.2. The number of carbonyl (C=O) groups excluding carboxylic acids is 2. The number of esters is 2. The molecular weight excluding hydrogens is 677 g/mol. The van der Waals surface area contributed by atoms with Gasteiger partial charge in [0.25, 0.3) is 7.82 Å². The number of phosphoric ester groups is 1. The zero-order chi connectivity index (χ0) is 38.6. The van der Waals surface area contributed by atoms with Crippen LogP contribution in [0.15, 0.2) is 0 Å². The first-order valence-electron chi connectivity index (χ1n) is 21.7. The third-order valence-electron chi connectivity index (χ3n) is 9.63. The number of hydrogen-bond donors (Lipinski definition) is 0. The van der Waals surface area contributed by atoms with Crippen LogP contribution >= 0.6 is 7.82 Å². The van der Waals surface area contributed by atoms with E-state index in [1.807, 2.05) is 21.1 Å². The summed E-state index contributed by atoms with van der Waals surface area (Å²) in [5, 5.41) is 0. The van der Waals surface area contributed by atoms with Crippen molar-refractivity contribution in [2.75, 3.05) is 47.5 Å². The van der Waals surface area contributed by atoms with Crippen molar-refractivity contribution in [3.8, 4) is 0 Å². The Labute approximate surface area is 321 Å². The summed E-state index contributed by atoms with van der Waals surface area (Å²) in [5.74, 6) is -0.821. The molecule has 9 nitrogen and oxygen atoms in total. The Balaban J connectivity index is 4.32. The second-order valence-corrected chi connectivity index (χ2v) is 17.5. The van der Waals surface area contributed by atoms with Crippen LogP contribution in [-0.2, 0) is 32.7 Å². The van der Waals surface area contributed by atoms with E-state index in [1.54, 1.807) is 0 Å². The summed E-state index contributed by atoms with van der Waals surface area (Å²) in [5.41, 5.74) is 0. The van der Waals surface area contributed by atoms with Crippen molar-refractivity contribution in [3.63, 3.8) is 0 Å². The summed E-state index contributed by atoms with van der Waals surface area (Å²) in [7, 11) is 1.18. The van der Waals surface area contributed by atoms with Crippen molar-refractivity contribution in [2.24, 2.45) is 0 Å². The molecule has 0 radical (unpaired) electrons. The van der Waals surface area contributed by atoms with E-state index < -0.39 is 26.5 Å². The highest BCUT2D eigenvalue weighted by molar-refractivity contribution is 7.45. The van der Waals surface area contributed by atoms with E-state index in [0.717, 1.165) is 32.1 Å². The van der Waals surface area contributed by atoms with Crippen LogP contribution in [0.5, 0.6) is 0 Å². The number of rotatable bonds is 40. The summed E-state index contributed by atoms with van der Waals surface area (Å²) < 4.78 is 33.9. The number of likely N-dealkylation sites (N-methyl/N-ethyl adjacent to an activating group) is 1. The zero-order valence-corrected chi connectivity index (χ0v) is 35.7. The van der Waals surface area contributed by atoms with Gasteiger partial charge in [0.2, 0.25) is 0 Å². The maximum absolute atomic E-state index is 12.7. The van der Waals surface area contributed by atoms with Crippen LogP contribution in [0, 0.1) is 0 Å². The Bertz CT molecular complexity index is 865. The number of hydrogen-bond acceptors (Lipinski definition) is 8. The predicted octanol–water partition coefficient (Wildman–Crippen LogP) is 11.4. The highest BCUT2D eigenvalue weighted by Crippen LogP contribution is 2.38. The minimum Gasteiger partial charge on any atom is -0.756 e. The predicted molar refractivity (Wildman–Crippen MR) is 213 cm³/mol. The Morgan fingerprint density at radius 3 is 1.23 bits per heavy atom. The van der Waals surface area contributed by atoms with E-state index >= 15 is 0 Å². The van der Waals surface area contributed by atoms with Crippen molar-refractivity contribution in [2.45, 2.75) is 213 Å². The van der Waals surface area contributed by atoms with Gasteiger partial charge in [-0.2, -0.15) is 0 Å². The first-order chi connectivity index (χ1) is 25.0. The number of ether oxygens (including phenoxy) is 2. The van der Waals surface area contributed by atoms with Crippen molar-refractivity contribution in [3.05, 3.63) is 0 Å². The molecule has 310 valence electrons. The normalized spacial score (nSPS) is 13.6. The third-order valence-corrected chi connectivity index (χ3v) is 10.6. The lowest BCUT2D eigenvalue weighted by molar-refractivity contribution is -0.870. The second kappa shape index (κ2) is 35.7. The fraction of sp³-hybridized carbons (Fsp3) is 0.952. The van der Waals surface area contributed by atoms with Gasteiger partial charge in [-0.05, 0) is 12.8 Å². The second-order valence-electron chi connectivity index (χ2n) is 16.1. The lowest BCUT2D eigenvalue weighted by Crippen LogP contribution is -2.37. The lowest BCUT2D eigenvalue weighted by Gasteiger charge is -2.28. The van der Waals surface area contributed by atoms with Crippen LogP contribution in [0.1, 0.15) is 206 Å². The summed E-state index contributed by atoms with van der Waals surface area (Å²) in [6.45, 7) is 4.25. The minimum absolute atomic E-state index is 0.0258. The molecule has 0 aliphatic heterocycles. The van der Waals surface area contributed by atoms with E-state index in [-0.39, 0.29) is 32.0 Å². The van der Waals surface area contributed by atoms with Crippen LogP contribution in [0.2, 0.25) is 0 Å². The first-order valence-corrected chi connectivity index (χ1v) is 23.2. The molecule has 52 heavy (non-hydrogen) atoms. The summed E-state index contributed by atoms with van der Waals surface area (Å²) in [6.07, 6.45) is 34.0. The zero-order valence-electron chi connectivity index (χ0n) is 34.8. The van der Waals surface area contributed by atoms with Gasteiger partial charge in [-0.25, -0.2) is 0 Å². The molecule has 0 aliphatic rings. The van der Waals surface area contributed by atoms with E-state index in [4.69, 9.17) is 18.5 Å². The molecule has 1 unspecified atom stereocenters. The van der Waals surface area contributed by atoms with E-state index in [1.165, 1.54) is 141 Å². The van der Waals surface area contributed by atoms with E-state index in [0.29, 0.717) is 17.4 Å².